The topological polar surface area (TPSA) is 93.9 Å². The molecule has 0 heterocycles. The predicted octanol–water partition coefficient (Wildman–Crippen LogP) is 0.133. The van der Waals surface area contributed by atoms with Gasteiger partial charge in [0, 0.05) is 39.1 Å². The summed E-state index contributed by atoms with van der Waals surface area (Å²) in [5.74, 6) is -0.337. The average Bonchev–Trinajstić information content (AvgIpc) is 2.53. The van der Waals surface area contributed by atoms with Crippen LogP contribution in [0.2, 0.25) is 0 Å². The Morgan fingerprint density at radius 3 is 2.23 bits per heavy atom. The van der Waals surface area contributed by atoms with Crippen LogP contribution in [0.1, 0.15) is 32.1 Å². The number of carbonyl (C=O) groups is 2. The zero-order chi connectivity index (χ0) is 16.6. The molecule has 0 aromatic carbocycles. The van der Waals surface area contributed by atoms with Crippen LogP contribution >= 0.6 is 0 Å². The zero-order valence-corrected chi connectivity index (χ0v) is 13.9. The van der Waals surface area contributed by atoms with Gasteiger partial charge in [-0.05, 0) is 19.4 Å². The fourth-order valence-electron chi connectivity index (χ4n) is 2.03. The Morgan fingerprint density at radius 2 is 1.59 bits per heavy atom. The molecule has 0 atom stereocenters. The summed E-state index contributed by atoms with van der Waals surface area (Å²) in [6.07, 6.45) is 3.80. The molecule has 0 aliphatic heterocycles. The van der Waals surface area contributed by atoms with Gasteiger partial charge in [0.05, 0.1) is 20.6 Å². The number of nitrogens with zero attached hydrogens (tertiary/aromatic N) is 1. The molecule has 0 saturated heterocycles. The molecule has 3 N–H and O–H groups in total. The molecule has 0 rings (SSSR count). The second-order valence-electron chi connectivity index (χ2n) is 5.09. The van der Waals surface area contributed by atoms with E-state index in [1.165, 1.54) is 14.2 Å². The van der Waals surface area contributed by atoms with E-state index in [-0.39, 0.29) is 11.9 Å². The van der Waals surface area contributed by atoms with Gasteiger partial charge in [-0.1, -0.05) is 6.42 Å². The van der Waals surface area contributed by atoms with E-state index < -0.39 is 0 Å². The van der Waals surface area contributed by atoms with E-state index in [1.54, 1.807) is 0 Å². The number of ether oxygens (including phenoxy) is 2. The van der Waals surface area contributed by atoms with Crippen molar-refractivity contribution in [2.45, 2.75) is 32.1 Å². The summed E-state index contributed by atoms with van der Waals surface area (Å²) in [7, 11) is 2.81. The molecule has 22 heavy (non-hydrogen) atoms. The summed E-state index contributed by atoms with van der Waals surface area (Å²) in [6, 6.07) is 0. The monoisotopic (exact) mass is 317 g/mol. The standard InChI is InChI=1S/C15H31N3O4/c1-21-14(19)6-4-3-5-9-17-10-13-18(12-8-16)11-7-15(20)22-2/h17H,3-13,16H2,1-2H3. The average molecular weight is 317 g/mol. The van der Waals surface area contributed by atoms with Gasteiger partial charge in [0.2, 0.25) is 0 Å². The van der Waals surface area contributed by atoms with Crippen LogP contribution in [0.15, 0.2) is 0 Å². The third-order valence-electron chi connectivity index (χ3n) is 3.37. The van der Waals surface area contributed by atoms with Gasteiger partial charge in [-0.15, -0.1) is 0 Å². The Balaban J connectivity index is 3.55. The Labute approximate surface area is 133 Å². The zero-order valence-electron chi connectivity index (χ0n) is 13.9. The van der Waals surface area contributed by atoms with Gasteiger partial charge in [-0.25, -0.2) is 0 Å². The second-order valence-corrected chi connectivity index (χ2v) is 5.09. The van der Waals surface area contributed by atoms with E-state index in [0.717, 1.165) is 45.4 Å². The lowest BCUT2D eigenvalue weighted by Crippen LogP contribution is -2.37. The lowest BCUT2D eigenvalue weighted by atomic mass is 10.2. The van der Waals surface area contributed by atoms with E-state index in [0.29, 0.717) is 25.9 Å². The summed E-state index contributed by atoms with van der Waals surface area (Å²) in [6.45, 7) is 4.67. The molecule has 0 fully saturated rings. The molecule has 0 aromatic heterocycles. The molecule has 0 aromatic rings. The van der Waals surface area contributed by atoms with Crippen LogP contribution in [0, 0.1) is 0 Å². The molecule has 7 heteroatoms. The fraction of sp³-hybridized carbons (Fsp3) is 0.867. The Hall–Kier alpha value is -1.18. The third-order valence-corrected chi connectivity index (χ3v) is 3.37. The Morgan fingerprint density at radius 1 is 0.909 bits per heavy atom. The largest absolute Gasteiger partial charge is 0.469 e. The molecule has 0 spiro atoms. The maximum absolute atomic E-state index is 11.1. The van der Waals surface area contributed by atoms with Crippen LogP contribution in [0.5, 0.6) is 0 Å². The minimum Gasteiger partial charge on any atom is -0.469 e. The lowest BCUT2D eigenvalue weighted by molar-refractivity contribution is -0.141. The number of hydrogen-bond donors (Lipinski definition) is 2. The predicted molar refractivity (Wildman–Crippen MR) is 85.5 cm³/mol. The molecule has 0 amide bonds. The van der Waals surface area contributed by atoms with Crippen molar-refractivity contribution in [1.82, 2.24) is 10.2 Å². The van der Waals surface area contributed by atoms with Crippen molar-refractivity contribution in [2.75, 3.05) is 53.5 Å². The van der Waals surface area contributed by atoms with Crippen LogP contribution in [0.4, 0.5) is 0 Å². The third kappa shape index (κ3) is 12.6. The summed E-state index contributed by atoms with van der Waals surface area (Å²) < 4.78 is 9.23. The smallest absolute Gasteiger partial charge is 0.306 e. The van der Waals surface area contributed by atoms with Gasteiger partial charge in [0.25, 0.3) is 0 Å². The first-order valence-electron chi connectivity index (χ1n) is 7.90. The summed E-state index contributed by atoms with van der Waals surface area (Å²) in [4.78, 5) is 24.2. The van der Waals surface area contributed by atoms with Crippen LogP contribution < -0.4 is 11.1 Å². The van der Waals surface area contributed by atoms with E-state index in [4.69, 9.17) is 5.73 Å². The van der Waals surface area contributed by atoms with E-state index in [2.05, 4.69) is 19.7 Å². The van der Waals surface area contributed by atoms with Crippen molar-refractivity contribution in [3.05, 3.63) is 0 Å². The van der Waals surface area contributed by atoms with Gasteiger partial charge in [-0.3, -0.25) is 9.59 Å². The minimum absolute atomic E-state index is 0.143. The van der Waals surface area contributed by atoms with E-state index in [9.17, 15) is 9.59 Å². The van der Waals surface area contributed by atoms with Gasteiger partial charge < -0.3 is 25.4 Å². The molecule has 130 valence electrons. The molecule has 0 bridgehead atoms. The first kappa shape index (κ1) is 20.8. The van der Waals surface area contributed by atoms with Crippen molar-refractivity contribution in [3.8, 4) is 0 Å². The number of rotatable bonds is 14. The van der Waals surface area contributed by atoms with Crippen molar-refractivity contribution in [1.29, 1.82) is 0 Å². The Bertz CT molecular complexity index is 301. The normalized spacial score (nSPS) is 10.7. The van der Waals surface area contributed by atoms with Crippen molar-refractivity contribution in [2.24, 2.45) is 5.73 Å². The molecule has 0 unspecified atom stereocenters. The summed E-state index contributed by atoms with van der Waals surface area (Å²) in [5, 5.41) is 3.36. The second kappa shape index (κ2) is 14.7. The number of esters is 2. The van der Waals surface area contributed by atoms with Crippen LogP contribution in [0.25, 0.3) is 0 Å². The highest BCUT2D eigenvalue weighted by Gasteiger charge is 2.07. The van der Waals surface area contributed by atoms with Gasteiger partial charge in [0.1, 0.15) is 0 Å². The molecule has 0 aliphatic rings. The minimum atomic E-state index is -0.194. The SMILES string of the molecule is COC(=O)CCCCCNCCN(CCN)CCC(=O)OC. The number of nitrogens with one attached hydrogen (secondary N) is 1. The number of methoxy groups -OCH3 is 2. The molecular formula is C15H31N3O4. The number of hydrogen-bond acceptors (Lipinski definition) is 7. The van der Waals surface area contributed by atoms with Crippen molar-refractivity contribution in [3.63, 3.8) is 0 Å². The van der Waals surface area contributed by atoms with Crippen molar-refractivity contribution < 1.29 is 19.1 Å². The van der Waals surface area contributed by atoms with Gasteiger partial charge in [0.15, 0.2) is 0 Å². The van der Waals surface area contributed by atoms with Gasteiger partial charge >= 0.3 is 11.9 Å². The number of nitrogens with two attached hydrogens (primary N) is 1. The quantitative estimate of drug-likeness (QED) is 0.347. The molecule has 0 radical (unpaired) electrons. The first-order valence-corrected chi connectivity index (χ1v) is 7.90. The van der Waals surface area contributed by atoms with E-state index in [1.807, 2.05) is 0 Å². The molecule has 7 nitrogen and oxygen atoms in total. The van der Waals surface area contributed by atoms with Crippen molar-refractivity contribution >= 4 is 11.9 Å². The highest BCUT2D eigenvalue weighted by molar-refractivity contribution is 5.69. The summed E-state index contributed by atoms with van der Waals surface area (Å²) >= 11 is 0. The Kier molecular flexibility index (Phi) is 14.0. The number of unbranched alkanes of at least 4 members (excludes halogenated alkanes) is 2. The van der Waals surface area contributed by atoms with Crippen LogP contribution in [0.3, 0.4) is 0 Å². The van der Waals surface area contributed by atoms with Crippen LogP contribution in [-0.2, 0) is 19.1 Å². The maximum atomic E-state index is 11.1. The molecule has 0 aliphatic carbocycles. The fourth-order valence-corrected chi connectivity index (χ4v) is 2.03. The summed E-state index contributed by atoms with van der Waals surface area (Å²) in [5.41, 5.74) is 5.57. The highest BCUT2D eigenvalue weighted by atomic mass is 16.5. The van der Waals surface area contributed by atoms with Gasteiger partial charge in [-0.2, -0.15) is 0 Å². The first-order chi connectivity index (χ1) is 10.6. The number of carbonyl (C=O) groups excluding carboxylic acids is 2. The van der Waals surface area contributed by atoms with E-state index >= 15 is 0 Å². The highest BCUT2D eigenvalue weighted by Crippen LogP contribution is 2.00. The molecule has 0 saturated carbocycles. The lowest BCUT2D eigenvalue weighted by Gasteiger charge is -2.21. The molecular weight excluding hydrogens is 286 g/mol. The van der Waals surface area contributed by atoms with Crippen LogP contribution in [-0.4, -0.2) is 70.3 Å². The maximum Gasteiger partial charge on any atom is 0.306 e.